The number of benzene rings is 2. The molecule has 2 aromatic rings. The molecule has 0 saturated carbocycles. The monoisotopic (exact) mass is 247 g/mol. The van der Waals surface area contributed by atoms with Gasteiger partial charge in [0.2, 0.25) is 0 Å². The van der Waals surface area contributed by atoms with Crippen LogP contribution in [0.2, 0.25) is 5.02 Å². The lowest BCUT2D eigenvalue weighted by molar-refractivity contribution is -0.384. The van der Waals surface area contributed by atoms with Crippen LogP contribution < -0.4 is 0 Å². The third kappa shape index (κ3) is 2.45. The quantitative estimate of drug-likeness (QED) is 0.589. The molecule has 2 rings (SSSR count). The first kappa shape index (κ1) is 11.6. The van der Waals surface area contributed by atoms with Gasteiger partial charge < -0.3 is 0 Å². The summed E-state index contributed by atoms with van der Waals surface area (Å²) < 4.78 is 0. The molecule has 0 bridgehead atoms. The average molecular weight is 248 g/mol. The highest BCUT2D eigenvalue weighted by molar-refractivity contribution is 6.32. The summed E-state index contributed by atoms with van der Waals surface area (Å²) in [6.07, 6.45) is 0. The molecule has 2 aromatic carbocycles. The lowest BCUT2D eigenvalue weighted by Gasteiger charge is -2.03. The van der Waals surface area contributed by atoms with Gasteiger partial charge in [0.1, 0.15) is 5.02 Å². The summed E-state index contributed by atoms with van der Waals surface area (Å²) in [5.41, 5.74) is 2.82. The van der Waals surface area contributed by atoms with Crippen LogP contribution in [0.4, 0.5) is 5.69 Å². The van der Waals surface area contributed by atoms with Gasteiger partial charge in [0.05, 0.1) is 4.92 Å². The minimum absolute atomic E-state index is 0.0651. The Morgan fingerprint density at radius 3 is 2.24 bits per heavy atom. The van der Waals surface area contributed by atoms with E-state index >= 15 is 0 Å². The van der Waals surface area contributed by atoms with Crippen LogP contribution in [-0.4, -0.2) is 4.92 Å². The van der Waals surface area contributed by atoms with E-state index in [1.807, 2.05) is 31.2 Å². The van der Waals surface area contributed by atoms with E-state index in [-0.39, 0.29) is 10.7 Å². The maximum absolute atomic E-state index is 10.8. The van der Waals surface area contributed by atoms with Crippen LogP contribution in [0.3, 0.4) is 0 Å². The number of aryl methyl sites for hydroxylation is 1. The van der Waals surface area contributed by atoms with Gasteiger partial charge in [-0.25, -0.2) is 0 Å². The molecule has 3 nitrogen and oxygen atoms in total. The highest BCUT2D eigenvalue weighted by Gasteiger charge is 2.13. The summed E-state index contributed by atoms with van der Waals surface area (Å²) in [6, 6.07) is 12.6. The average Bonchev–Trinajstić information content (AvgIpc) is 2.30. The smallest absolute Gasteiger partial charge is 0.258 e. The Morgan fingerprint density at radius 2 is 1.65 bits per heavy atom. The number of halogens is 1. The predicted octanol–water partition coefficient (Wildman–Crippen LogP) is 4.22. The number of rotatable bonds is 2. The number of hydrogen-bond acceptors (Lipinski definition) is 2. The van der Waals surface area contributed by atoms with Crippen LogP contribution in [0.1, 0.15) is 5.56 Å². The summed E-state index contributed by atoms with van der Waals surface area (Å²) >= 11 is 5.76. The minimum Gasteiger partial charge on any atom is -0.258 e. The molecule has 0 radical (unpaired) electrons. The Bertz CT molecular complexity index is 564. The fourth-order valence-electron chi connectivity index (χ4n) is 1.58. The van der Waals surface area contributed by atoms with Crippen molar-refractivity contribution in [1.29, 1.82) is 0 Å². The van der Waals surface area contributed by atoms with Crippen molar-refractivity contribution in [3.63, 3.8) is 0 Å². The lowest BCUT2D eigenvalue weighted by atomic mass is 10.0. The maximum Gasteiger partial charge on any atom is 0.288 e. The lowest BCUT2D eigenvalue weighted by Crippen LogP contribution is -1.90. The molecule has 0 aromatic heterocycles. The topological polar surface area (TPSA) is 43.1 Å². The van der Waals surface area contributed by atoms with Crippen molar-refractivity contribution in [1.82, 2.24) is 0 Å². The van der Waals surface area contributed by atoms with Crippen LogP contribution in [0.5, 0.6) is 0 Å². The summed E-state index contributed by atoms with van der Waals surface area (Å²) in [6.45, 7) is 1.99. The molecule has 0 aliphatic carbocycles. The molecule has 0 atom stereocenters. The van der Waals surface area contributed by atoms with E-state index in [9.17, 15) is 10.1 Å². The van der Waals surface area contributed by atoms with Gasteiger partial charge >= 0.3 is 0 Å². The third-order valence-electron chi connectivity index (χ3n) is 2.53. The molecule has 0 aliphatic rings. The van der Waals surface area contributed by atoms with E-state index in [1.165, 1.54) is 6.07 Å². The van der Waals surface area contributed by atoms with E-state index in [1.54, 1.807) is 12.1 Å². The molecule has 0 amide bonds. The molecule has 0 aliphatic heterocycles. The molecule has 0 heterocycles. The van der Waals surface area contributed by atoms with Gasteiger partial charge in [0, 0.05) is 6.07 Å². The Balaban J connectivity index is 2.50. The van der Waals surface area contributed by atoms with Crippen molar-refractivity contribution in [2.45, 2.75) is 6.92 Å². The largest absolute Gasteiger partial charge is 0.288 e. The van der Waals surface area contributed by atoms with Gasteiger partial charge in [0.25, 0.3) is 5.69 Å². The SMILES string of the molecule is Cc1ccc(-c2ccc(Cl)c([N+](=O)[O-])c2)cc1. The normalized spacial score (nSPS) is 10.2. The van der Waals surface area contributed by atoms with Gasteiger partial charge in [-0.2, -0.15) is 0 Å². The van der Waals surface area contributed by atoms with Gasteiger partial charge in [-0.1, -0.05) is 47.5 Å². The molecule has 0 unspecified atom stereocenters. The molecule has 0 fully saturated rings. The first-order chi connectivity index (χ1) is 8.08. The van der Waals surface area contributed by atoms with Crippen molar-refractivity contribution in [2.75, 3.05) is 0 Å². The first-order valence-electron chi connectivity index (χ1n) is 5.09. The zero-order valence-corrected chi connectivity index (χ0v) is 9.94. The minimum atomic E-state index is -0.472. The Hall–Kier alpha value is -1.87. The Labute approximate surface area is 104 Å². The third-order valence-corrected chi connectivity index (χ3v) is 2.85. The summed E-state index contributed by atoms with van der Waals surface area (Å²) in [5.74, 6) is 0. The molecular weight excluding hydrogens is 238 g/mol. The fourth-order valence-corrected chi connectivity index (χ4v) is 1.76. The van der Waals surface area contributed by atoms with Crippen molar-refractivity contribution in [2.24, 2.45) is 0 Å². The van der Waals surface area contributed by atoms with Gasteiger partial charge in [0.15, 0.2) is 0 Å². The van der Waals surface area contributed by atoms with E-state index < -0.39 is 4.92 Å². The summed E-state index contributed by atoms with van der Waals surface area (Å²) in [4.78, 5) is 10.3. The van der Waals surface area contributed by atoms with E-state index in [0.29, 0.717) is 0 Å². The first-order valence-corrected chi connectivity index (χ1v) is 5.47. The molecule has 4 heteroatoms. The Kier molecular flexibility index (Phi) is 3.11. The van der Waals surface area contributed by atoms with Crippen LogP contribution in [0.25, 0.3) is 11.1 Å². The number of nitro benzene ring substituents is 1. The standard InChI is InChI=1S/C13H10ClNO2/c1-9-2-4-10(5-3-9)11-6-7-12(14)13(8-11)15(16)17/h2-8H,1H3. The predicted molar refractivity (Wildman–Crippen MR) is 68.3 cm³/mol. The van der Waals surface area contributed by atoms with Crippen molar-refractivity contribution < 1.29 is 4.92 Å². The second-order valence-corrected chi connectivity index (χ2v) is 4.20. The zero-order chi connectivity index (χ0) is 12.4. The van der Waals surface area contributed by atoms with Crippen LogP contribution in [0, 0.1) is 17.0 Å². The second kappa shape index (κ2) is 4.55. The van der Waals surface area contributed by atoms with Crippen LogP contribution in [0.15, 0.2) is 42.5 Å². The van der Waals surface area contributed by atoms with E-state index in [0.717, 1.165) is 16.7 Å². The fraction of sp³-hybridized carbons (Fsp3) is 0.0769. The maximum atomic E-state index is 10.8. The van der Waals surface area contributed by atoms with Crippen molar-refractivity contribution in [3.05, 3.63) is 63.2 Å². The number of nitro groups is 1. The van der Waals surface area contributed by atoms with E-state index in [2.05, 4.69) is 0 Å². The zero-order valence-electron chi connectivity index (χ0n) is 9.18. The molecule has 0 spiro atoms. The highest BCUT2D eigenvalue weighted by Crippen LogP contribution is 2.30. The number of nitrogens with zero attached hydrogens (tertiary/aromatic N) is 1. The van der Waals surface area contributed by atoms with Crippen LogP contribution >= 0.6 is 11.6 Å². The van der Waals surface area contributed by atoms with Crippen molar-refractivity contribution >= 4 is 17.3 Å². The van der Waals surface area contributed by atoms with Crippen molar-refractivity contribution in [3.8, 4) is 11.1 Å². The van der Waals surface area contributed by atoms with Crippen LogP contribution in [-0.2, 0) is 0 Å². The summed E-state index contributed by atoms with van der Waals surface area (Å²) in [7, 11) is 0. The second-order valence-electron chi connectivity index (χ2n) is 3.79. The highest BCUT2D eigenvalue weighted by atomic mass is 35.5. The summed E-state index contributed by atoms with van der Waals surface area (Å²) in [5, 5.41) is 10.9. The molecule has 86 valence electrons. The molecule has 17 heavy (non-hydrogen) atoms. The number of hydrogen-bond donors (Lipinski definition) is 0. The van der Waals surface area contributed by atoms with E-state index in [4.69, 9.17) is 11.6 Å². The molecule has 0 saturated heterocycles. The van der Waals surface area contributed by atoms with Gasteiger partial charge in [-0.05, 0) is 24.1 Å². The van der Waals surface area contributed by atoms with Gasteiger partial charge in [-0.3, -0.25) is 10.1 Å². The molecular formula is C13H10ClNO2. The Morgan fingerprint density at radius 1 is 1.06 bits per heavy atom. The van der Waals surface area contributed by atoms with Gasteiger partial charge in [-0.15, -0.1) is 0 Å². The molecule has 0 N–H and O–H groups in total.